The first-order chi connectivity index (χ1) is 9.32. The Bertz CT molecular complexity index is 740. The van der Waals surface area contributed by atoms with E-state index in [1.54, 1.807) is 6.07 Å². The van der Waals surface area contributed by atoms with Gasteiger partial charge in [-0.15, -0.1) is 0 Å². The lowest BCUT2D eigenvalue weighted by atomic mass is 10.1. The molecule has 2 rings (SSSR count). The van der Waals surface area contributed by atoms with Gasteiger partial charge in [-0.1, -0.05) is 0 Å². The first kappa shape index (κ1) is 14.2. The van der Waals surface area contributed by atoms with E-state index in [0.717, 1.165) is 24.3 Å². The molecule has 9 heteroatoms. The minimum atomic E-state index is -5.06. The molecule has 0 amide bonds. The maximum absolute atomic E-state index is 13.5. The topological polar surface area (TPSA) is 63.0 Å². The summed E-state index contributed by atoms with van der Waals surface area (Å²) < 4.78 is 64.6. The zero-order valence-electron chi connectivity index (χ0n) is 9.44. The average Bonchev–Trinajstić information content (AvgIpc) is 2.38. The largest absolute Gasteiger partial charge is 0.508 e. The van der Waals surface area contributed by atoms with Crippen LogP contribution in [0.5, 0.6) is 5.88 Å². The normalized spacial score (nSPS) is 12.9. The van der Waals surface area contributed by atoms with Gasteiger partial charge in [0.15, 0.2) is 0 Å². The molecule has 1 atom stereocenters. The highest BCUT2D eigenvalue weighted by Gasteiger charge is 2.40. The Morgan fingerprint density at radius 1 is 1.25 bits per heavy atom. The summed E-state index contributed by atoms with van der Waals surface area (Å²) in [5, 5.41) is 8.79. The smallest absolute Gasteiger partial charge is 0.373 e. The van der Waals surface area contributed by atoms with Crippen LogP contribution < -0.4 is 4.18 Å². The molecule has 0 aliphatic rings. The SMILES string of the molecule is N#Cc1ccc(F)c2ccc(OS(=O)C(F)(F)F)nc12. The molecule has 104 valence electrons. The molecular weight excluding hydrogens is 300 g/mol. The summed E-state index contributed by atoms with van der Waals surface area (Å²) in [6.07, 6.45) is 0. The van der Waals surface area contributed by atoms with Crippen LogP contribution in [-0.4, -0.2) is 14.7 Å². The molecule has 0 N–H and O–H groups in total. The third-order valence-corrected chi connectivity index (χ3v) is 2.95. The van der Waals surface area contributed by atoms with Crippen molar-refractivity contribution in [2.24, 2.45) is 0 Å². The van der Waals surface area contributed by atoms with E-state index in [1.807, 2.05) is 0 Å². The van der Waals surface area contributed by atoms with E-state index in [-0.39, 0.29) is 16.5 Å². The molecule has 0 saturated carbocycles. The zero-order valence-corrected chi connectivity index (χ0v) is 10.3. The second-order valence-corrected chi connectivity index (χ2v) is 4.62. The Morgan fingerprint density at radius 2 is 1.95 bits per heavy atom. The van der Waals surface area contributed by atoms with Crippen molar-refractivity contribution in [2.75, 3.05) is 0 Å². The Balaban J connectivity index is 2.49. The van der Waals surface area contributed by atoms with Crippen molar-refractivity contribution in [3.8, 4) is 11.9 Å². The van der Waals surface area contributed by atoms with Crippen molar-refractivity contribution >= 4 is 22.0 Å². The second kappa shape index (κ2) is 5.05. The van der Waals surface area contributed by atoms with Gasteiger partial charge in [-0.25, -0.2) is 13.6 Å². The van der Waals surface area contributed by atoms with Crippen LogP contribution in [0.3, 0.4) is 0 Å². The van der Waals surface area contributed by atoms with Crippen LogP contribution in [0, 0.1) is 17.1 Å². The number of nitriles is 1. The van der Waals surface area contributed by atoms with Crippen molar-refractivity contribution in [1.82, 2.24) is 4.98 Å². The van der Waals surface area contributed by atoms with Crippen LogP contribution >= 0.6 is 0 Å². The summed E-state index contributed by atoms with van der Waals surface area (Å²) in [6, 6.07) is 5.94. The number of benzene rings is 1. The fraction of sp³-hybridized carbons (Fsp3) is 0.0909. The lowest BCUT2D eigenvalue weighted by Crippen LogP contribution is -2.21. The van der Waals surface area contributed by atoms with Gasteiger partial charge in [-0.2, -0.15) is 18.4 Å². The fourth-order valence-electron chi connectivity index (χ4n) is 1.43. The summed E-state index contributed by atoms with van der Waals surface area (Å²) in [5.41, 5.74) is -5.26. The molecule has 0 saturated heterocycles. The third kappa shape index (κ3) is 2.70. The van der Waals surface area contributed by atoms with Crippen LogP contribution in [0.2, 0.25) is 0 Å². The third-order valence-electron chi connectivity index (χ3n) is 2.25. The standard InChI is InChI=1S/C11H4F4N2O2S/c12-8-3-1-6(5-16)10-7(8)2-4-9(17-10)19-20(18)11(13,14)15/h1-4H. The summed E-state index contributed by atoms with van der Waals surface area (Å²) in [4.78, 5) is 3.58. The Labute approximate surface area is 112 Å². The number of nitrogens with zero attached hydrogens (tertiary/aromatic N) is 2. The van der Waals surface area contributed by atoms with Crippen molar-refractivity contribution in [3.63, 3.8) is 0 Å². The molecule has 0 aliphatic heterocycles. The highest BCUT2D eigenvalue weighted by molar-refractivity contribution is 7.81. The molecular formula is C11H4F4N2O2S. The highest BCUT2D eigenvalue weighted by atomic mass is 32.2. The number of aromatic nitrogens is 1. The Hall–Kier alpha value is -2.21. The molecule has 4 nitrogen and oxygen atoms in total. The van der Waals surface area contributed by atoms with Crippen molar-refractivity contribution in [1.29, 1.82) is 5.26 Å². The lowest BCUT2D eigenvalue weighted by Gasteiger charge is -2.08. The maximum atomic E-state index is 13.5. The second-order valence-electron chi connectivity index (χ2n) is 3.52. The quantitative estimate of drug-likeness (QED) is 0.800. The number of hydrogen-bond acceptors (Lipinski definition) is 4. The first-order valence-electron chi connectivity index (χ1n) is 4.99. The van der Waals surface area contributed by atoms with Gasteiger partial charge in [0.05, 0.1) is 11.1 Å². The number of halogens is 4. The fourth-order valence-corrected chi connectivity index (χ4v) is 1.77. The van der Waals surface area contributed by atoms with E-state index in [0.29, 0.717) is 0 Å². The minimum absolute atomic E-state index is 0.0374. The van der Waals surface area contributed by atoms with Gasteiger partial charge in [0.25, 0.3) is 0 Å². The highest BCUT2D eigenvalue weighted by Crippen LogP contribution is 2.26. The predicted octanol–water partition coefficient (Wildman–Crippen LogP) is 2.81. The monoisotopic (exact) mass is 304 g/mol. The zero-order chi connectivity index (χ0) is 14.9. The molecule has 0 spiro atoms. The summed E-state index contributed by atoms with van der Waals surface area (Å²) >= 11 is -3.58. The van der Waals surface area contributed by atoms with Gasteiger partial charge >= 0.3 is 16.6 Å². The summed E-state index contributed by atoms with van der Waals surface area (Å²) in [6.45, 7) is 0. The van der Waals surface area contributed by atoms with E-state index in [9.17, 15) is 21.8 Å². The number of fused-ring (bicyclic) bond motifs is 1. The molecule has 1 aromatic carbocycles. The van der Waals surface area contributed by atoms with E-state index in [4.69, 9.17) is 5.26 Å². The van der Waals surface area contributed by atoms with Crippen molar-refractivity contribution in [2.45, 2.75) is 5.51 Å². The van der Waals surface area contributed by atoms with Crippen molar-refractivity contribution in [3.05, 3.63) is 35.6 Å². The van der Waals surface area contributed by atoms with Gasteiger partial charge in [0.2, 0.25) is 5.88 Å². The summed E-state index contributed by atoms with van der Waals surface area (Å²) in [5.74, 6) is -1.30. The van der Waals surface area contributed by atoms with Gasteiger partial charge in [0.1, 0.15) is 11.9 Å². The molecule has 0 aliphatic carbocycles. The van der Waals surface area contributed by atoms with E-state index in [1.165, 1.54) is 0 Å². The van der Waals surface area contributed by atoms with Crippen LogP contribution in [0.15, 0.2) is 24.3 Å². The van der Waals surface area contributed by atoms with Crippen LogP contribution in [0.1, 0.15) is 5.56 Å². The number of pyridine rings is 1. The molecule has 0 bridgehead atoms. The molecule has 1 aromatic heterocycles. The van der Waals surface area contributed by atoms with Crippen molar-refractivity contribution < 1.29 is 26.0 Å². The van der Waals surface area contributed by atoms with E-state index in [2.05, 4.69) is 9.17 Å². The van der Waals surface area contributed by atoms with Gasteiger partial charge in [-0.3, -0.25) is 0 Å². The van der Waals surface area contributed by atoms with E-state index < -0.39 is 28.3 Å². The number of hydrogen-bond donors (Lipinski definition) is 0. The van der Waals surface area contributed by atoms with Gasteiger partial charge in [0, 0.05) is 11.5 Å². The van der Waals surface area contributed by atoms with Crippen LogP contribution in [-0.2, 0) is 11.1 Å². The molecule has 0 fully saturated rings. The van der Waals surface area contributed by atoms with E-state index >= 15 is 0 Å². The van der Waals surface area contributed by atoms with Gasteiger partial charge in [-0.05, 0) is 18.2 Å². The number of rotatable bonds is 2. The maximum Gasteiger partial charge on any atom is 0.508 e. The Kier molecular flexibility index (Phi) is 3.59. The molecule has 0 radical (unpaired) electrons. The van der Waals surface area contributed by atoms with Crippen LogP contribution in [0.25, 0.3) is 10.9 Å². The molecule has 1 unspecified atom stereocenters. The Morgan fingerprint density at radius 3 is 2.55 bits per heavy atom. The minimum Gasteiger partial charge on any atom is -0.373 e. The average molecular weight is 304 g/mol. The number of alkyl halides is 3. The predicted molar refractivity (Wildman–Crippen MR) is 61.2 cm³/mol. The summed E-state index contributed by atoms with van der Waals surface area (Å²) in [7, 11) is 0. The lowest BCUT2D eigenvalue weighted by molar-refractivity contribution is -0.0438. The van der Waals surface area contributed by atoms with Gasteiger partial charge < -0.3 is 4.18 Å². The molecule has 1 heterocycles. The molecule has 2 aromatic rings. The first-order valence-corrected chi connectivity index (χ1v) is 6.06. The van der Waals surface area contributed by atoms with Crippen LogP contribution in [0.4, 0.5) is 17.6 Å². The molecule has 20 heavy (non-hydrogen) atoms.